The highest BCUT2D eigenvalue weighted by atomic mass is 79.9. The first-order chi connectivity index (χ1) is 8.70. The second-order valence-corrected chi connectivity index (χ2v) is 4.53. The molecule has 0 saturated carbocycles. The largest absolute Gasteiger partial charge is 0.457 e. The van der Waals surface area contributed by atoms with Gasteiger partial charge in [0.05, 0.1) is 12.2 Å². The molecule has 0 aliphatic rings. The Kier molecular flexibility index (Phi) is 4.17. The second-order valence-electron chi connectivity index (χ2n) is 3.75. The summed E-state index contributed by atoms with van der Waals surface area (Å²) in [5.74, 6) is -0.211. The molecule has 0 aliphatic heterocycles. The van der Waals surface area contributed by atoms with E-state index in [0.717, 1.165) is 11.1 Å². The number of nitrogens with one attached hydrogen (secondary N) is 1. The minimum absolute atomic E-state index is 0.0384. The van der Waals surface area contributed by atoms with Crippen molar-refractivity contribution in [1.29, 1.82) is 0 Å². The van der Waals surface area contributed by atoms with Crippen molar-refractivity contribution in [3.63, 3.8) is 0 Å². The maximum atomic E-state index is 11.8. The molecule has 0 bridgehead atoms. The highest BCUT2D eigenvalue weighted by molar-refractivity contribution is 9.10. The van der Waals surface area contributed by atoms with E-state index in [1.54, 1.807) is 6.07 Å². The van der Waals surface area contributed by atoms with Gasteiger partial charge in [0.15, 0.2) is 4.67 Å². The molecule has 1 aromatic carbocycles. The number of hydrogen-bond acceptors (Lipinski definition) is 3. The van der Waals surface area contributed by atoms with Crippen molar-refractivity contribution in [3.8, 4) is 0 Å². The van der Waals surface area contributed by atoms with Crippen LogP contribution in [-0.4, -0.2) is 11.0 Å². The third-order valence-corrected chi connectivity index (χ3v) is 2.97. The predicted molar refractivity (Wildman–Crippen MR) is 69.9 cm³/mol. The predicted octanol–water partition coefficient (Wildman–Crippen LogP) is 2.46. The summed E-state index contributed by atoms with van der Waals surface area (Å²) >= 11 is 3.14. The summed E-state index contributed by atoms with van der Waals surface area (Å²) in [5, 5.41) is 11.9. The molecule has 0 unspecified atom stereocenters. The lowest BCUT2D eigenvalue weighted by Gasteiger charge is -2.07. The van der Waals surface area contributed by atoms with Crippen LogP contribution in [0.25, 0.3) is 0 Å². The number of furan rings is 1. The smallest absolute Gasteiger partial charge is 0.254 e. The van der Waals surface area contributed by atoms with Gasteiger partial charge >= 0.3 is 0 Å². The molecule has 0 radical (unpaired) electrons. The molecule has 94 valence electrons. The first kappa shape index (κ1) is 12.9. The zero-order chi connectivity index (χ0) is 13.0. The van der Waals surface area contributed by atoms with Gasteiger partial charge in [0.1, 0.15) is 6.26 Å². The number of amides is 1. The van der Waals surface area contributed by atoms with Gasteiger partial charge in [0, 0.05) is 12.6 Å². The molecule has 1 amide bonds. The first-order valence-electron chi connectivity index (χ1n) is 5.40. The Morgan fingerprint density at radius 1 is 1.33 bits per heavy atom. The van der Waals surface area contributed by atoms with Crippen LogP contribution in [0, 0.1) is 0 Å². The number of carbonyl (C=O) groups is 1. The summed E-state index contributed by atoms with van der Waals surface area (Å²) in [7, 11) is 0. The third-order valence-electron chi connectivity index (χ3n) is 2.56. The topological polar surface area (TPSA) is 62.5 Å². The van der Waals surface area contributed by atoms with Crippen molar-refractivity contribution in [2.75, 3.05) is 0 Å². The molecule has 0 fully saturated rings. The van der Waals surface area contributed by atoms with Crippen LogP contribution in [0.4, 0.5) is 0 Å². The van der Waals surface area contributed by atoms with Crippen LogP contribution >= 0.6 is 15.9 Å². The molecule has 0 saturated heterocycles. The van der Waals surface area contributed by atoms with E-state index in [4.69, 9.17) is 4.42 Å². The van der Waals surface area contributed by atoms with E-state index in [2.05, 4.69) is 21.2 Å². The standard InChI is InChI=1S/C13H12BrNO3/c14-12-5-11(8-18-12)13(17)15-6-9-3-1-2-4-10(9)7-16/h1-5,8,16H,6-7H2,(H,15,17). The molecule has 1 aromatic heterocycles. The summed E-state index contributed by atoms with van der Waals surface area (Å²) in [4.78, 5) is 11.8. The quantitative estimate of drug-likeness (QED) is 0.912. The number of hydrogen-bond donors (Lipinski definition) is 2. The molecule has 2 aromatic rings. The number of benzene rings is 1. The van der Waals surface area contributed by atoms with E-state index in [0.29, 0.717) is 16.8 Å². The van der Waals surface area contributed by atoms with Gasteiger partial charge in [-0.2, -0.15) is 0 Å². The van der Waals surface area contributed by atoms with Crippen LogP contribution in [0.1, 0.15) is 21.5 Å². The summed E-state index contributed by atoms with van der Waals surface area (Å²) < 4.78 is 5.52. The third kappa shape index (κ3) is 3.00. The van der Waals surface area contributed by atoms with E-state index in [9.17, 15) is 9.90 Å². The fourth-order valence-electron chi connectivity index (χ4n) is 1.59. The van der Waals surface area contributed by atoms with E-state index in [1.165, 1.54) is 6.26 Å². The highest BCUT2D eigenvalue weighted by Crippen LogP contribution is 2.14. The number of carbonyl (C=O) groups excluding carboxylic acids is 1. The molecular formula is C13H12BrNO3. The Morgan fingerprint density at radius 2 is 2.06 bits per heavy atom. The zero-order valence-corrected chi connectivity index (χ0v) is 11.1. The molecule has 5 heteroatoms. The van der Waals surface area contributed by atoms with Gasteiger partial charge in [0.25, 0.3) is 5.91 Å². The van der Waals surface area contributed by atoms with Crippen molar-refractivity contribution < 1.29 is 14.3 Å². The van der Waals surface area contributed by atoms with Gasteiger partial charge in [-0.05, 0) is 27.1 Å². The Morgan fingerprint density at radius 3 is 2.67 bits per heavy atom. The van der Waals surface area contributed by atoms with Crippen LogP contribution < -0.4 is 5.32 Å². The van der Waals surface area contributed by atoms with Gasteiger partial charge in [-0.3, -0.25) is 4.79 Å². The van der Waals surface area contributed by atoms with Gasteiger partial charge in [-0.15, -0.1) is 0 Å². The number of aliphatic hydroxyl groups excluding tert-OH is 1. The molecule has 2 rings (SSSR count). The van der Waals surface area contributed by atoms with Crippen LogP contribution in [-0.2, 0) is 13.2 Å². The summed E-state index contributed by atoms with van der Waals surface area (Å²) in [6.07, 6.45) is 1.39. The highest BCUT2D eigenvalue weighted by Gasteiger charge is 2.09. The molecular weight excluding hydrogens is 298 g/mol. The Hall–Kier alpha value is -1.59. The number of rotatable bonds is 4. The van der Waals surface area contributed by atoms with Gasteiger partial charge in [0.2, 0.25) is 0 Å². The molecule has 1 heterocycles. The minimum Gasteiger partial charge on any atom is -0.457 e. The van der Waals surface area contributed by atoms with Crippen molar-refractivity contribution in [1.82, 2.24) is 5.32 Å². The van der Waals surface area contributed by atoms with E-state index >= 15 is 0 Å². The van der Waals surface area contributed by atoms with Crippen molar-refractivity contribution in [2.45, 2.75) is 13.2 Å². The normalized spacial score (nSPS) is 10.3. The van der Waals surface area contributed by atoms with E-state index < -0.39 is 0 Å². The summed E-state index contributed by atoms with van der Waals surface area (Å²) in [5.41, 5.74) is 2.17. The Balaban J connectivity index is 2.01. The van der Waals surface area contributed by atoms with E-state index in [1.807, 2.05) is 24.3 Å². The van der Waals surface area contributed by atoms with E-state index in [-0.39, 0.29) is 12.5 Å². The SMILES string of the molecule is O=C(NCc1ccccc1CO)c1coc(Br)c1. The average Bonchev–Trinajstić information content (AvgIpc) is 2.83. The van der Waals surface area contributed by atoms with Gasteiger partial charge in [-0.1, -0.05) is 24.3 Å². The number of halogens is 1. The average molecular weight is 310 g/mol. The summed E-state index contributed by atoms with van der Waals surface area (Å²) in [6.45, 7) is 0.335. The maximum Gasteiger partial charge on any atom is 0.254 e. The van der Waals surface area contributed by atoms with Crippen molar-refractivity contribution in [2.24, 2.45) is 0 Å². The lowest BCUT2D eigenvalue weighted by molar-refractivity contribution is 0.0950. The molecule has 18 heavy (non-hydrogen) atoms. The van der Waals surface area contributed by atoms with Crippen molar-refractivity contribution >= 4 is 21.8 Å². The first-order valence-corrected chi connectivity index (χ1v) is 6.20. The lowest BCUT2D eigenvalue weighted by atomic mass is 10.1. The zero-order valence-electron chi connectivity index (χ0n) is 9.52. The maximum absolute atomic E-state index is 11.8. The van der Waals surface area contributed by atoms with Crippen LogP contribution in [0.15, 0.2) is 45.7 Å². The Labute approximate surface area is 113 Å². The van der Waals surface area contributed by atoms with Gasteiger partial charge < -0.3 is 14.8 Å². The molecule has 4 nitrogen and oxygen atoms in total. The molecule has 0 spiro atoms. The fourth-order valence-corrected chi connectivity index (χ4v) is 1.93. The minimum atomic E-state index is -0.211. The van der Waals surface area contributed by atoms with Crippen molar-refractivity contribution in [3.05, 3.63) is 58.0 Å². The van der Waals surface area contributed by atoms with Crippen LogP contribution in [0.3, 0.4) is 0 Å². The summed E-state index contributed by atoms with van der Waals surface area (Å²) in [6, 6.07) is 9.03. The van der Waals surface area contributed by atoms with Gasteiger partial charge in [-0.25, -0.2) is 0 Å². The van der Waals surface area contributed by atoms with Crippen LogP contribution in [0.5, 0.6) is 0 Å². The monoisotopic (exact) mass is 309 g/mol. The van der Waals surface area contributed by atoms with Crippen LogP contribution in [0.2, 0.25) is 0 Å². The second kappa shape index (κ2) is 5.84. The Bertz CT molecular complexity index is 551. The molecule has 0 aliphatic carbocycles. The fraction of sp³-hybridized carbons (Fsp3) is 0.154. The number of aliphatic hydroxyl groups is 1. The molecule has 0 atom stereocenters. The molecule has 2 N–H and O–H groups in total. The lowest BCUT2D eigenvalue weighted by Crippen LogP contribution is -2.22.